The van der Waals surface area contributed by atoms with E-state index in [0.717, 1.165) is 11.1 Å². The van der Waals surface area contributed by atoms with E-state index in [4.69, 9.17) is 26.3 Å². The number of anilines is 1. The summed E-state index contributed by atoms with van der Waals surface area (Å²) >= 11 is 6.45. The molecule has 2 aromatic carbocycles. The fraction of sp³-hybridized carbons (Fsp3) is 0.150. The van der Waals surface area contributed by atoms with Crippen molar-refractivity contribution >= 4 is 17.4 Å². The molecule has 0 aliphatic heterocycles. The number of methoxy groups -OCH3 is 2. The summed E-state index contributed by atoms with van der Waals surface area (Å²) in [6, 6.07) is 14.7. The van der Waals surface area contributed by atoms with E-state index >= 15 is 0 Å². The normalized spacial score (nSPS) is 11.3. The van der Waals surface area contributed by atoms with Crippen molar-refractivity contribution in [2.24, 2.45) is 0 Å². The van der Waals surface area contributed by atoms with E-state index in [1.54, 1.807) is 14.2 Å². The Bertz CT molecular complexity index is 970. The van der Waals surface area contributed by atoms with Gasteiger partial charge in [-0.05, 0) is 23.8 Å². The van der Waals surface area contributed by atoms with Crippen LogP contribution in [0.1, 0.15) is 22.9 Å². The van der Waals surface area contributed by atoms with Crippen LogP contribution in [0.15, 0.2) is 54.9 Å². The minimum Gasteiger partial charge on any atom is -0.497 e. The first-order valence-corrected chi connectivity index (χ1v) is 8.49. The molecule has 136 valence electrons. The molecule has 7 heteroatoms. The minimum absolute atomic E-state index is 0.247. The lowest BCUT2D eigenvalue weighted by Crippen LogP contribution is -2.15. The van der Waals surface area contributed by atoms with Gasteiger partial charge in [-0.3, -0.25) is 0 Å². The van der Waals surface area contributed by atoms with Crippen molar-refractivity contribution in [2.45, 2.75) is 6.04 Å². The van der Waals surface area contributed by atoms with Crippen LogP contribution in [0.2, 0.25) is 5.02 Å². The number of ether oxygens (including phenoxy) is 2. The molecule has 0 radical (unpaired) electrons. The Balaban J connectivity index is 2.08. The standard InChI is InChI=1S/C20H17ClN4O2/c1-26-14-7-8-16(18(9-14)27-2)20(15-5-3-4-6-17(15)21)25-19-12-23-13(10-22)11-24-19/h3-9,11-12,20H,1-2H3,(H,24,25). The summed E-state index contributed by atoms with van der Waals surface area (Å²) in [5.41, 5.74) is 1.96. The third-order valence-corrected chi connectivity index (χ3v) is 4.37. The zero-order chi connectivity index (χ0) is 19.2. The molecular weight excluding hydrogens is 364 g/mol. The molecule has 6 nitrogen and oxygen atoms in total. The van der Waals surface area contributed by atoms with Gasteiger partial charge in [0.2, 0.25) is 0 Å². The molecule has 1 unspecified atom stereocenters. The molecule has 3 rings (SSSR count). The molecule has 1 aromatic heterocycles. The summed E-state index contributed by atoms with van der Waals surface area (Å²) < 4.78 is 10.8. The summed E-state index contributed by atoms with van der Waals surface area (Å²) in [6.07, 6.45) is 2.93. The number of nitrogens with zero attached hydrogens (tertiary/aromatic N) is 3. The maximum Gasteiger partial charge on any atom is 0.158 e. The number of hydrogen-bond acceptors (Lipinski definition) is 6. The molecule has 0 aliphatic carbocycles. The Hall–Kier alpha value is -3.30. The van der Waals surface area contributed by atoms with Gasteiger partial charge in [-0.1, -0.05) is 29.8 Å². The van der Waals surface area contributed by atoms with Crippen molar-refractivity contribution in [3.63, 3.8) is 0 Å². The maximum atomic E-state index is 8.90. The predicted octanol–water partition coefficient (Wildman–Crippen LogP) is 4.22. The van der Waals surface area contributed by atoms with E-state index in [-0.39, 0.29) is 11.7 Å². The molecule has 0 fully saturated rings. The van der Waals surface area contributed by atoms with Crippen LogP contribution in [0, 0.1) is 11.3 Å². The van der Waals surface area contributed by atoms with E-state index in [2.05, 4.69) is 15.3 Å². The van der Waals surface area contributed by atoms with Crippen LogP contribution in [0.3, 0.4) is 0 Å². The average Bonchev–Trinajstić information content (AvgIpc) is 2.72. The lowest BCUT2D eigenvalue weighted by molar-refractivity contribution is 0.390. The van der Waals surface area contributed by atoms with Crippen LogP contribution >= 0.6 is 11.6 Å². The van der Waals surface area contributed by atoms with Crippen molar-refractivity contribution < 1.29 is 9.47 Å². The molecule has 1 atom stereocenters. The molecule has 0 spiro atoms. The molecule has 3 aromatic rings. The highest BCUT2D eigenvalue weighted by molar-refractivity contribution is 6.31. The first kappa shape index (κ1) is 18.5. The van der Waals surface area contributed by atoms with Gasteiger partial charge >= 0.3 is 0 Å². The zero-order valence-electron chi connectivity index (χ0n) is 14.8. The fourth-order valence-corrected chi connectivity index (χ4v) is 2.94. The van der Waals surface area contributed by atoms with Crippen molar-refractivity contribution in [3.05, 3.63) is 76.7 Å². The molecular formula is C20H17ClN4O2. The Morgan fingerprint density at radius 1 is 1.04 bits per heavy atom. The number of aromatic nitrogens is 2. The second-order valence-electron chi connectivity index (χ2n) is 5.61. The van der Waals surface area contributed by atoms with Gasteiger partial charge in [0.25, 0.3) is 0 Å². The average molecular weight is 381 g/mol. The number of halogens is 1. The van der Waals surface area contributed by atoms with E-state index < -0.39 is 0 Å². The molecule has 0 saturated carbocycles. The number of hydrogen-bond donors (Lipinski definition) is 1. The lowest BCUT2D eigenvalue weighted by Gasteiger charge is -2.23. The van der Waals surface area contributed by atoms with Crippen LogP contribution in [-0.4, -0.2) is 24.2 Å². The first-order chi connectivity index (χ1) is 13.2. The molecule has 0 amide bonds. The second-order valence-corrected chi connectivity index (χ2v) is 6.01. The van der Waals surface area contributed by atoms with Gasteiger partial charge in [0.05, 0.1) is 32.7 Å². The van der Waals surface area contributed by atoms with Crippen molar-refractivity contribution in [1.29, 1.82) is 5.26 Å². The smallest absolute Gasteiger partial charge is 0.158 e. The lowest BCUT2D eigenvalue weighted by atomic mass is 9.97. The first-order valence-electron chi connectivity index (χ1n) is 8.11. The van der Waals surface area contributed by atoms with Crippen LogP contribution in [0.25, 0.3) is 0 Å². The Morgan fingerprint density at radius 2 is 1.85 bits per heavy atom. The third kappa shape index (κ3) is 4.10. The summed E-state index contributed by atoms with van der Waals surface area (Å²) in [7, 11) is 3.20. The molecule has 0 bridgehead atoms. The minimum atomic E-state index is -0.346. The molecule has 0 saturated heterocycles. The van der Waals surface area contributed by atoms with Crippen LogP contribution in [-0.2, 0) is 0 Å². The molecule has 27 heavy (non-hydrogen) atoms. The Morgan fingerprint density at radius 3 is 2.48 bits per heavy atom. The van der Waals surface area contributed by atoms with Crippen molar-refractivity contribution in [1.82, 2.24) is 9.97 Å². The largest absolute Gasteiger partial charge is 0.497 e. The van der Waals surface area contributed by atoms with Crippen molar-refractivity contribution in [3.8, 4) is 17.6 Å². The van der Waals surface area contributed by atoms with Gasteiger partial charge in [0, 0.05) is 16.7 Å². The number of nitriles is 1. The maximum absolute atomic E-state index is 8.90. The molecule has 1 N–H and O–H groups in total. The van der Waals surface area contributed by atoms with Gasteiger partial charge in [0.15, 0.2) is 5.69 Å². The number of rotatable bonds is 6. The van der Waals surface area contributed by atoms with Gasteiger partial charge in [-0.25, -0.2) is 9.97 Å². The van der Waals surface area contributed by atoms with Gasteiger partial charge in [-0.2, -0.15) is 5.26 Å². The summed E-state index contributed by atoms with van der Waals surface area (Å²) in [4.78, 5) is 8.31. The summed E-state index contributed by atoms with van der Waals surface area (Å²) in [5.74, 6) is 1.84. The monoisotopic (exact) mass is 380 g/mol. The highest BCUT2D eigenvalue weighted by atomic mass is 35.5. The Labute approximate surface area is 162 Å². The molecule has 1 heterocycles. The van der Waals surface area contributed by atoms with E-state index in [0.29, 0.717) is 22.3 Å². The summed E-state index contributed by atoms with van der Waals surface area (Å²) in [5, 5.41) is 12.8. The van der Waals surface area contributed by atoms with E-state index in [1.165, 1.54) is 12.4 Å². The Kier molecular flexibility index (Phi) is 5.74. The van der Waals surface area contributed by atoms with E-state index in [1.807, 2.05) is 48.5 Å². The highest BCUT2D eigenvalue weighted by Gasteiger charge is 2.22. The SMILES string of the molecule is COc1ccc(C(Nc2cnc(C#N)cn2)c2ccccc2Cl)c(OC)c1. The van der Waals surface area contributed by atoms with Crippen LogP contribution in [0.4, 0.5) is 5.82 Å². The van der Waals surface area contributed by atoms with E-state index in [9.17, 15) is 0 Å². The molecule has 0 aliphatic rings. The third-order valence-electron chi connectivity index (χ3n) is 4.03. The van der Waals surface area contributed by atoms with Gasteiger partial charge in [-0.15, -0.1) is 0 Å². The second kappa shape index (κ2) is 8.39. The fourth-order valence-electron chi connectivity index (χ4n) is 2.70. The van der Waals surface area contributed by atoms with Crippen LogP contribution < -0.4 is 14.8 Å². The number of nitrogens with one attached hydrogen (secondary N) is 1. The van der Waals surface area contributed by atoms with Crippen LogP contribution in [0.5, 0.6) is 11.5 Å². The highest BCUT2D eigenvalue weighted by Crippen LogP contribution is 2.37. The number of benzene rings is 2. The van der Waals surface area contributed by atoms with Gasteiger partial charge < -0.3 is 14.8 Å². The zero-order valence-corrected chi connectivity index (χ0v) is 15.6. The van der Waals surface area contributed by atoms with Gasteiger partial charge in [0.1, 0.15) is 23.4 Å². The summed E-state index contributed by atoms with van der Waals surface area (Å²) in [6.45, 7) is 0. The quantitative estimate of drug-likeness (QED) is 0.689. The van der Waals surface area contributed by atoms with Crippen molar-refractivity contribution in [2.75, 3.05) is 19.5 Å². The topological polar surface area (TPSA) is 80.1 Å². The predicted molar refractivity (Wildman–Crippen MR) is 103 cm³/mol.